The average molecular weight is 273 g/mol. The lowest BCUT2D eigenvalue weighted by Crippen LogP contribution is -2.17. The van der Waals surface area contributed by atoms with Gasteiger partial charge in [0, 0.05) is 6.07 Å². The van der Waals surface area contributed by atoms with Crippen LogP contribution in [0, 0.1) is 17.0 Å². The fourth-order valence-corrected chi connectivity index (χ4v) is 3.61. The van der Waals surface area contributed by atoms with Gasteiger partial charge in [-0.25, -0.2) is 0 Å². The van der Waals surface area contributed by atoms with Gasteiger partial charge in [-0.2, -0.15) is 0 Å². The van der Waals surface area contributed by atoms with Crippen LogP contribution in [-0.4, -0.2) is 18.1 Å². The zero-order valence-electron chi connectivity index (χ0n) is 10.6. The van der Waals surface area contributed by atoms with Crippen LogP contribution in [0.3, 0.4) is 0 Å². The van der Waals surface area contributed by atoms with Gasteiger partial charge in [0.15, 0.2) is 0 Å². The third-order valence-corrected chi connectivity index (χ3v) is 4.61. The van der Waals surface area contributed by atoms with Crippen LogP contribution in [0.4, 0.5) is 5.69 Å². The molecular formula is C11H16NO5P. The van der Waals surface area contributed by atoms with Crippen molar-refractivity contribution in [2.24, 2.45) is 0 Å². The molecule has 0 saturated heterocycles. The zero-order chi connectivity index (χ0) is 13.8. The van der Waals surface area contributed by atoms with E-state index in [-0.39, 0.29) is 24.2 Å². The first-order valence-corrected chi connectivity index (χ1v) is 7.14. The van der Waals surface area contributed by atoms with E-state index < -0.39 is 12.5 Å². The van der Waals surface area contributed by atoms with Crippen LogP contribution in [0.15, 0.2) is 18.2 Å². The van der Waals surface area contributed by atoms with Gasteiger partial charge >= 0.3 is 7.60 Å². The molecule has 1 aromatic carbocycles. The summed E-state index contributed by atoms with van der Waals surface area (Å²) in [6, 6.07) is 4.49. The number of nitrogens with zero attached hydrogens (tertiary/aromatic N) is 1. The molecule has 0 amide bonds. The third-order valence-electron chi connectivity index (χ3n) is 2.29. The van der Waals surface area contributed by atoms with Crippen LogP contribution in [0.2, 0.25) is 0 Å². The smallest absolute Gasteiger partial charge is 0.305 e. The molecule has 0 atom stereocenters. The Morgan fingerprint density at radius 2 is 1.83 bits per heavy atom. The third kappa shape index (κ3) is 2.96. The van der Waals surface area contributed by atoms with Gasteiger partial charge in [0.1, 0.15) is 5.30 Å². The van der Waals surface area contributed by atoms with Crippen molar-refractivity contribution in [1.29, 1.82) is 0 Å². The highest BCUT2D eigenvalue weighted by Crippen LogP contribution is 2.49. The quantitative estimate of drug-likeness (QED) is 0.452. The maximum atomic E-state index is 12.6. The van der Waals surface area contributed by atoms with Crippen LogP contribution in [0.5, 0.6) is 0 Å². The largest absolute Gasteiger partial charge is 0.368 e. The molecule has 0 aliphatic heterocycles. The lowest BCUT2D eigenvalue weighted by molar-refractivity contribution is -0.383. The van der Waals surface area contributed by atoms with Crippen molar-refractivity contribution < 1.29 is 18.5 Å². The predicted molar refractivity (Wildman–Crippen MR) is 68.3 cm³/mol. The first kappa shape index (κ1) is 14.8. The highest BCUT2D eigenvalue weighted by atomic mass is 31.2. The van der Waals surface area contributed by atoms with E-state index in [2.05, 4.69) is 0 Å². The van der Waals surface area contributed by atoms with E-state index in [1.54, 1.807) is 32.9 Å². The summed E-state index contributed by atoms with van der Waals surface area (Å²) in [6.07, 6.45) is 0. The normalized spacial score (nSPS) is 11.5. The van der Waals surface area contributed by atoms with E-state index in [0.29, 0.717) is 5.56 Å². The molecule has 18 heavy (non-hydrogen) atoms. The Kier molecular flexibility index (Phi) is 5.02. The standard InChI is InChI=1S/C11H16NO5P/c1-4-16-18(15,17-5-2)11-9(3)7-6-8-10(11)12(13)14/h6-8H,4-5H2,1-3H3. The van der Waals surface area contributed by atoms with Gasteiger partial charge in [0.05, 0.1) is 18.1 Å². The number of hydrogen-bond donors (Lipinski definition) is 0. The van der Waals surface area contributed by atoms with Gasteiger partial charge in [0.2, 0.25) is 0 Å². The molecule has 0 N–H and O–H groups in total. The predicted octanol–water partition coefficient (Wildman–Crippen LogP) is 2.79. The van der Waals surface area contributed by atoms with Crippen molar-refractivity contribution in [3.8, 4) is 0 Å². The molecule has 0 fully saturated rings. The summed E-state index contributed by atoms with van der Waals surface area (Å²) in [6.45, 7) is 5.28. The number of nitro benzene ring substituents is 1. The molecule has 6 nitrogen and oxygen atoms in total. The van der Waals surface area contributed by atoms with E-state index in [4.69, 9.17) is 9.05 Å². The van der Waals surface area contributed by atoms with Crippen LogP contribution < -0.4 is 5.30 Å². The average Bonchev–Trinajstić information content (AvgIpc) is 2.28. The number of rotatable bonds is 6. The van der Waals surface area contributed by atoms with E-state index in [1.807, 2.05) is 0 Å². The Labute approximate surface area is 106 Å². The van der Waals surface area contributed by atoms with Crippen LogP contribution >= 0.6 is 7.60 Å². The summed E-state index contributed by atoms with van der Waals surface area (Å²) in [5.74, 6) is 0. The number of aryl methyl sites for hydroxylation is 1. The second-order valence-corrected chi connectivity index (χ2v) is 5.49. The first-order valence-electron chi connectivity index (χ1n) is 5.60. The number of benzene rings is 1. The second kappa shape index (κ2) is 6.09. The maximum absolute atomic E-state index is 12.6. The molecular weight excluding hydrogens is 257 g/mol. The fraction of sp³-hybridized carbons (Fsp3) is 0.455. The monoisotopic (exact) mass is 273 g/mol. The van der Waals surface area contributed by atoms with Crippen molar-refractivity contribution >= 4 is 18.6 Å². The lowest BCUT2D eigenvalue weighted by atomic mass is 10.2. The minimum absolute atomic E-state index is 0.0405. The van der Waals surface area contributed by atoms with Crippen LogP contribution in [0.25, 0.3) is 0 Å². The Balaban J connectivity index is 3.44. The van der Waals surface area contributed by atoms with Crippen molar-refractivity contribution in [3.63, 3.8) is 0 Å². The Morgan fingerprint density at radius 3 is 2.28 bits per heavy atom. The van der Waals surface area contributed by atoms with E-state index in [0.717, 1.165) is 0 Å². The van der Waals surface area contributed by atoms with E-state index in [9.17, 15) is 14.7 Å². The molecule has 0 bridgehead atoms. The first-order chi connectivity index (χ1) is 8.46. The molecule has 0 saturated carbocycles. The highest BCUT2D eigenvalue weighted by molar-refractivity contribution is 7.62. The zero-order valence-corrected chi connectivity index (χ0v) is 11.5. The summed E-state index contributed by atoms with van der Waals surface area (Å²) in [5.41, 5.74) is 0.287. The topological polar surface area (TPSA) is 78.7 Å². The number of hydrogen-bond acceptors (Lipinski definition) is 5. The molecule has 0 spiro atoms. The molecule has 0 unspecified atom stereocenters. The second-order valence-electron chi connectivity index (χ2n) is 3.53. The molecule has 7 heteroatoms. The minimum Gasteiger partial charge on any atom is -0.305 e. The van der Waals surface area contributed by atoms with Gasteiger partial charge in [-0.1, -0.05) is 12.1 Å². The van der Waals surface area contributed by atoms with Crippen molar-refractivity contribution in [3.05, 3.63) is 33.9 Å². The summed E-state index contributed by atoms with van der Waals surface area (Å²) in [4.78, 5) is 10.4. The lowest BCUT2D eigenvalue weighted by Gasteiger charge is -2.18. The molecule has 1 aromatic rings. The molecule has 100 valence electrons. The van der Waals surface area contributed by atoms with Gasteiger partial charge in [0.25, 0.3) is 5.69 Å². The Morgan fingerprint density at radius 1 is 1.28 bits per heavy atom. The van der Waals surface area contributed by atoms with Crippen molar-refractivity contribution in [2.45, 2.75) is 20.8 Å². The molecule has 0 aliphatic rings. The summed E-state index contributed by atoms with van der Waals surface area (Å²) < 4.78 is 22.9. The molecule has 0 radical (unpaired) electrons. The summed E-state index contributed by atoms with van der Waals surface area (Å²) >= 11 is 0. The SMILES string of the molecule is CCOP(=O)(OCC)c1c(C)cccc1[N+](=O)[O-]. The Bertz CT molecular complexity index is 478. The Hall–Kier alpha value is -1.23. The molecule has 0 heterocycles. The minimum atomic E-state index is -3.64. The maximum Gasteiger partial charge on any atom is 0.368 e. The molecule has 0 aromatic heterocycles. The highest BCUT2D eigenvalue weighted by Gasteiger charge is 2.36. The van der Waals surface area contributed by atoms with Crippen molar-refractivity contribution in [1.82, 2.24) is 0 Å². The number of nitro groups is 1. The van der Waals surface area contributed by atoms with Gasteiger partial charge < -0.3 is 9.05 Å². The molecule has 0 aliphatic carbocycles. The van der Waals surface area contributed by atoms with Crippen molar-refractivity contribution in [2.75, 3.05) is 13.2 Å². The van der Waals surface area contributed by atoms with E-state index in [1.165, 1.54) is 6.07 Å². The fourth-order valence-electron chi connectivity index (χ4n) is 1.65. The van der Waals surface area contributed by atoms with Crippen LogP contribution in [-0.2, 0) is 13.6 Å². The van der Waals surface area contributed by atoms with Gasteiger partial charge in [-0.15, -0.1) is 0 Å². The van der Waals surface area contributed by atoms with Gasteiger partial charge in [-0.05, 0) is 26.3 Å². The summed E-state index contributed by atoms with van der Waals surface area (Å²) in [5, 5.41) is 11.0. The van der Waals surface area contributed by atoms with Gasteiger partial charge in [-0.3, -0.25) is 14.7 Å². The molecule has 1 rings (SSSR count). The van der Waals surface area contributed by atoms with Crippen LogP contribution in [0.1, 0.15) is 19.4 Å². The summed E-state index contributed by atoms with van der Waals surface area (Å²) in [7, 11) is -3.64. The van der Waals surface area contributed by atoms with E-state index >= 15 is 0 Å².